The van der Waals surface area contributed by atoms with E-state index in [9.17, 15) is 0 Å². The molecule has 0 unspecified atom stereocenters. The number of hydrogen-bond donors (Lipinski definition) is 3. The number of benzene rings is 2. The average molecular weight is 541 g/mol. The maximum Gasteiger partial charge on any atom is 0.227 e. The summed E-state index contributed by atoms with van der Waals surface area (Å²) in [5.74, 6) is 1.41. The van der Waals surface area contributed by atoms with Crippen molar-refractivity contribution in [3.05, 3.63) is 60.9 Å². The maximum absolute atomic E-state index is 6.12. The fourth-order valence-electron chi connectivity index (χ4n) is 5.48. The molecule has 0 amide bonds. The first-order valence-electron chi connectivity index (χ1n) is 12.9. The van der Waals surface area contributed by atoms with E-state index in [1.807, 2.05) is 12.4 Å². The molecular weight excluding hydrogens is 505 g/mol. The monoisotopic (exact) mass is 539 g/mol. The minimum Gasteiger partial charge on any atom is -0.351 e. The van der Waals surface area contributed by atoms with Gasteiger partial charge in [0.25, 0.3) is 0 Å². The van der Waals surface area contributed by atoms with Crippen LogP contribution >= 0.6 is 24.8 Å². The molecule has 0 atom stereocenters. The number of rotatable bonds is 6. The number of nitrogens with zero attached hydrogens (tertiary/aromatic N) is 4. The van der Waals surface area contributed by atoms with Crippen LogP contribution in [0, 0.1) is 0 Å². The highest BCUT2D eigenvalue weighted by atomic mass is 35.5. The highest BCUT2D eigenvalue weighted by Crippen LogP contribution is 2.34. The molecule has 7 nitrogen and oxygen atoms in total. The molecule has 0 saturated heterocycles. The van der Waals surface area contributed by atoms with Crippen molar-refractivity contribution >= 4 is 53.4 Å². The minimum absolute atomic E-state index is 0. The number of imidazole rings is 1. The van der Waals surface area contributed by atoms with Gasteiger partial charge in [0.1, 0.15) is 0 Å². The topological polar surface area (TPSA) is 93.7 Å². The zero-order chi connectivity index (χ0) is 23.6. The van der Waals surface area contributed by atoms with Gasteiger partial charge in [-0.15, -0.1) is 24.8 Å². The molecule has 0 radical (unpaired) electrons. The normalized spacial score (nSPS) is 19.7. The van der Waals surface area contributed by atoms with Gasteiger partial charge in [0.05, 0.1) is 6.33 Å². The lowest BCUT2D eigenvalue weighted by Gasteiger charge is -2.27. The van der Waals surface area contributed by atoms with E-state index in [0.717, 1.165) is 48.4 Å². The quantitative estimate of drug-likeness (QED) is 0.247. The summed E-state index contributed by atoms with van der Waals surface area (Å²) in [6.45, 7) is 0. The van der Waals surface area contributed by atoms with E-state index >= 15 is 0 Å². The molecule has 37 heavy (non-hydrogen) atoms. The molecule has 2 fully saturated rings. The van der Waals surface area contributed by atoms with Crippen LogP contribution in [0.25, 0.3) is 22.3 Å². The molecule has 2 aromatic heterocycles. The summed E-state index contributed by atoms with van der Waals surface area (Å²) < 4.78 is 2.26. The number of fused-ring (bicyclic) bond motifs is 1. The van der Waals surface area contributed by atoms with E-state index in [4.69, 9.17) is 20.7 Å². The van der Waals surface area contributed by atoms with Gasteiger partial charge in [-0.05, 0) is 61.8 Å². The van der Waals surface area contributed by atoms with Gasteiger partial charge in [-0.2, -0.15) is 9.97 Å². The van der Waals surface area contributed by atoms with Crippen LogP contribution in [-0.4, -0.2) is 31.6 Å². The lowest BCUT2D eigenvalue weighted by molar-refractivity contribution is 0.410. The van der Waals surface area contributed by atoms with Gasteiger partial charge >= 0.3 is 0 Å². The standard InChI is InChI=1S/C28H33N7.2ClH/c29-21-12-16-23(17-13-21)32-28-33-26(25-27(34-28)35(18-30-25)24-8-4-5-9-24)31-22-14-10-20(11-15-22)19-6-2-1-3-7-19;;/h1-3,6-7,10-11,14-15,18,21,23-24H,4-5,8-9,12-13,16-17,29H2,(H2,31,32,33,34);2*1H. The van der Waals surface area contributed by atoms with Gasteiger partial charge in [-0.25, -0.2) is 4.98 Å². The van der Waals surface area contributed by atoms with Gasteiger partial charge in [-0.3, -0.25) is 0 Å². The zero-order valence-electron chi connectivity index (χ0n) is 20.8. The molecule has 0 spiro atoms. The fraction of sp³-hybridized carbons (Fsp3) is 0.393. The molecule has 2 aromatic carbocycles. The highest BCUT2D eigenvalue weighted by Gasteiger charge is 2.24. The first-order chi connectivity index (χ1) is 17.2. The van der Waals surface area contributed by atoms with Gasteiger partial charge in [0.2, 0.25) is 5.95 Å². The molecule has 2 saturated carbocycles. The van der Waals surface area contributed by atoms with E-state index in [1.165, 1.54) is 36.8 Å². The van der Waals surface area contributed by atoms with Crippen LogP contribution in [0.4, 0.5) is 17.5 Å². The van der Waals surface area contributed by atoms with E-state index in [2.05, 4.69) is 63.7 Å². The second-order valence-corrected chi connectivity index (χ2v) is 9.98. The highest BCUT2D eigenvalue weighted by molar-refractivity contribution is 5.87. The average Bonchev–Trinajstić information content (AvgIpc) is 3.57. The molecule has 2 heterocycles. The van der Waals surface area contributed by atoms with Crippen LogP contribution in [0.1, 0.15) is 57.4 Å². The summed E-state index contributed by atoms with van der Waals surface area (Å²) in [5.41, 5.74) is 11.2. The molecule has 196 valence electrons. The third kappa shape index (κ3) is 6.00. The summed E-state index contributed by atoms with van der Waals surface area (Å²) in [7, 11) is 0. The second kappa shape index (κ2) is 12.1. The van der Waals surface area contributed by atoms with Crippen LogP contribution in [-0.2, 0) is 0 Å². The molecule has 9 heteroatoms. The summed E-state index contributed by atoms with van der Waals surface area (Å²) in [5, 5.41) is 7.13. The number of anilines is 3. The number of nitrogens with two attached hydrogens (primary N) is 1. The molecule has 2 aliphatic carbocycles. The lowest BCUT2D eigenvalue weighted by atomic mass is 9.92. The molecule has 4 aromatic rings. The van der Waals surface area contributed by atoms with Crippen LogP contribution in [0.3, 0.4) is 0 Å². The fourth-order valence-corrected chi connectivity index (χ4v) is 5.48. The van der Waals surface area contributed by atoms with Crippen molar-refractivity contribution in [3.63, 3.8) is 0 Å². The summed E-state index contributed by atoms with van der Waals surface area (Å²) in [4.78, 5) is 14.6. The zero-order valence-corrected chi connectivity index (χ0v) is 22.5. The molecular formula is C28H35Cl2N7. The lowest BCUT2D eigenvalue weighted by Crippen LogP contribution is -2.33. The van der Waals surface area contributed by atoms with Crippen molar-refractivity contribution in [2.45, 2.75) is 69.5 Å². The Balaban J connectivity index is 0.00000160. The van der Waals surface area contributed by atoms with Crippen molar-refractivity contribution in [2.75, 3.05) is 10.6 Å². The molecule has 4 N–H and O–H groups in total. The Bertz CT molecular complexity index is 1280. The molecule has 2 aliphatic rings. The van der Waals surface area contributed by atoms with Crippen molar-refractivity contribution < 1.29 is 0 Å². The van der Waals surface area contributed by atoms with Crippen LogP contribution in [0.5, 0.6) is 0 Å². The minimum atomic E-state index is 0. The van der Waals surface area contributed by atoms with Crippen LogP contribution in [0.15, 0.2) is 60.9 Å². The van der Waals surface area contributed by atoms with Gasteiger partial charge in [0, 0.05) is 23.8 Å². The Morgan fingerprint density at radius 1 is 0.784 bits per heavy atom. The molecule has 0 bridgehead atoms. The van der Waals surface area contributed by atoms with E-state index in [0.29, 0.717) is 24.1 Å². The molecule has 6 rings (SSSR count). The third-order valence-electron chi connectivity index (χ3n) is 7.50. The number of nitrogens with one attached hydrogen (secondary N) is 2. The Kier molecular flexibility index (Phi) is 8.90. The van der Waals surface area contributed by atoms with Gasteiger partial charge in [-0.1, -0.05) is 55.3 Å². The Labute approximate surface area is 230 Å². The van der Waals surface area contributed by atoms with Crippen molar-refractivity contribution in [1.82, 2.24) is 19.5 Å². The summed E-state index contributed by atoms with van der Waals surface area (Å²) in [6, 6.07) is 20.0. The number of aromatic nitrogens is 4. The van der Waals surface area contributed by atoms with Crippen molar-refractivity contribution in [1.29, 1.82) is 0 Å². The first kappa shape index (κ1) is 27.2. The predicted molar refractivity (Wildman–Crippen MR) is 156 cm³/mol. The van der Waals surface area contributed by atoms with Crippen LogP contribution in [0.2, 0.25) is 0 Å². The second-order valence-electron chi connectivity index (χ2n) is 9.98. The SMILES string of the molecule is Cl.Cl.NC1CCC(Nc2nc(Nc3ccc(-c4ccccc4)cc3)c3ncn(C4CCCC4)c3n2)CC1. The summed E-state index contributed by atoms with van der Waals surface area (Å²) >= 11 is 0. The Morgan fingerprint density at radius 2 is 1.46 bits per heavy atom. The van der Waals surface area contributed by atoms with E-state index < -0.39 is 0 Å². The Hall–Kier alpha value is -2.87. The number of halogens is 2. The summed E-state index contributed by atoms with van der Waals surface area (Å²) in [6.07, 6.45) is 11.0. The van der Waals surface area contributed by atoms with E-state index in [1.54, 1.807) is 0 Å². The van der Waals surface area contributed by atoms with Crippen LogP contribution < -0.4 is 16.4 Å². The molecule has 0 aliphatic heterocycles. The third-order valence-corrected chi connectivity index (χ3v) is 7.50. The smallest absolute Gasteiger partial charge is 0.227 e. The van der Waals surface area contributed by atoms with Crippen molar-refractivity contribution in [3.8, 4) is 11.1 Å². The number of hydrogen-bond acceptors (Lipinski definition) is 6. The van der Waals surface area contributed by atoms with Gasteiger partial charge in [0.15, 0.2) is 17.0 Å². The maximum atomic E-state index is 6.12. The largest absolute Gasteiger partial charge is 0.351 e. The Morgan fingerprint density at radius 3 is 2.16 bits per heavy atom. The van der Waals surface area contributed by atoms with Crippen molar-refractivity contribution in [2.24, 2.45) is 5.73 Å². The van der Waals surface area contributed by atoms with Gasteiger partial charge < -0.3 is 20.9 Å². The predicted octanol–water partition coefficient (Wildman–Crippen LogP) is 6.88. The van der Waals surface area contributed by atoms with E-state index in [-0.39, 0.29) is 24.8 Å². The first-order valence-corrected chi connectivity index (χ1v) is 12.9.